The molecular formula is C23H28F4N4O2. The first-order valence-electron chi connectivity index (χ1n) is 11.1. The van der Waals surface area contributed by atoms with E-state index in [-0.39, 0.29) is 24.2 Å². The van der Waals surface area contributed by atoms with Crippen molar-refractivity contribution in [1.82, 2.24) is 19.4 Å². The molecule has 0 spiro atoms. The van der Waals surface area contributed by atoms with Crippen LogP contribution in [0.5, 0.6) is 5.75 Å². The summed E-state index contributed by atoms with van der Waals surface area (Å²) in [4.78, 5) is 21.4. The summed E-state index contributed by atoms with van der Waals surface area (Å²) in [6, 6.07) is 5.65. The Morgan fingerprint density at radius 2 is 1.97 bits per heavy atom. The average molecular weight is 468 g/mol. The van der Waals surface area contributed by atoms with Crippen LogP contribution in [0.15, 0.2) is 36.8 Å². The number of amides is 1. The highest BCUT2D eigenvalue weighted by Crippen LogP contribution is 2.41. The van der Waals surface area contributed by atoms with Crippen LogP contribution in [-0.2, 0) is 13.6 Å². The van der Waals surface area contributed by atoms with Crippen molar-refractivity contribution in [3.63, 3.8) is 0 Å². The summed E-state index contributed by atoms with van der Waals surface area (Å²) in [6.07, 6.45) is -0.930. The highest BCUT2D eigenvalue weighted by atomic mass is 19.4. The van der Waals surface area contributed by atoms with Crippen molar-refractivity contribution in [3.8, 4) is 5.75 Å². The van der Waals surface area contributed by atoms with E-state index in [0.29, 0.717) is 29.6 Å². The Balaban J connectivity index is 1.52. The largest absolute Gasteiger partial charge is 0.573 e. The second kappa shape index (κ2) is 9.32. The van der Waals surface area contributed by atoms with E-state index in [1.54, 1.807) is 42.0 Å². The predicted molar refractivity (Wildman–Crippen MR) is 113 cm³/mol. The third kappa shape index (κ3) is 5.85. The number of hydrogen-bond acceptors (Lipinski definition) is 4. The fourth-order valence-electron chi connectivity index (χ4n) is 5.20. The number of carbonyl (C=O) groups excluding carboxylic acids is 1. The van der Waals surface area contributed by atoms with Gasteiger partial charge >= 0.3 is 6.36 Å². The number of likely N-dealkylation sites (tertiary alicyclic amines) is 1. The molecule has 1 amide bonds. The summed E-state index contributed by atoms with van der Waals surface area (Å²) in [5, 5.41) is 0. The number of halogens is 4. The molecule has 0 bridgehead atoms. The van der Waals surface area contributed by atoms with Crippen LogP contribution in [0.1, 0.15) is 35.8 Å². The smallest absolute Gasteiger partial charge is 0.406 e. The van der Waals surface area contributed by atoms with Gasteiger partial charge in [0.1, 0.15) is 17.6 Å². The van der Waals surface area contributed by atoms with Crippen LogP contribution in [0, 0.1) is 11.8 Å². The van der Waals surface area contributed by atoms with E-state index in [4.69, 9.17) is 0 Å². The molecule has 4 atom stereocenters. The third-order valence-electron chi connectivity index (χ3n) is 6.42. The molecule has 180 valence electrons. The molecular weight excluding hydrogens is 440 g/mol. The van der Waals surface area contributed by atoms with E-state index in [0.717, 1.165) is 25.9 Å². The van der Waals surface area contributed by atoms with Crippen molar-refractivity contribution < 1.29 is 27.1 Å². The van der Waals surface area contributed by atoms with Crippen molar-refractivity contribution >= 4 is 5.91 Å². The highest BCUT2D eigenvalue weighted by molar-refractivity contribution is 5.92. The van der Waals surface area contributed by atoms with Crippen molar-refractivity contribution in [1.29, 1.82) is 0 Å². The Kier molecular flexibility index (Phi) is 6.65. The molecule has 1 saturated heterocycles. The quantitative estimate of drug-likeness (QED) is 0.576. The van der Waals surface area contributed by atoms with Gasteiger partial charge in [0.05, 0.1) is 6.33 Å². The SMILES string of the molecule is CC(F)CN1C[C@H]2CC(N(Cc3cccc(OC(F)(F)F)c3)C(=O)c3cn(C)cn3)C[C@H]2C1. The molecule has 1 aromatic heterocycles. The Morgan fingerprint density at radius 3 is 2.55 bits per heavy atom. The van der Waals surface area contributed by atoms with E-state index in [2.05, 4.69) is 14.6 Å². The van der Waals surface area contributed by atoms with Gasteiger partial charge in [-0.3, -0.25) is 9.69 Å². The first-order valence-corrected chi connectivity index (χ1v) is 11.1. The molecule has 2 unspecified atom stereocenters. The first-order chi connectivity index (χ1) is 15.6. The number of rotatable bonds is 7. The molecule has 1 aliphatic heterocycles. The summed E-state index contributed by atoms with van der Waals surface area (Å²) in [5.41, 5.74) is 0.844. The van der Waals surface area contributed by atoms with Gasteiger partial charge in [0, 0.05) is 45.5 Å². The monoisotopic (exact) mass is 468 g/mol. The lowest BCUT2D eigenvalue weighted by molar-refractivity contribution is -0.274. The number of fused-ring (bicyclic) bond motifs is 1. The molecule has 33 heavy (non-hydrogen) atoms. The second-order valence-corrected chi connectivity index (χ2v) is 9.20. The van der Waals surface area contributed by atoms with Gasteiger partial charge in [0.15, 0.2) is 0 Å². The third-order valence-corrected chi connectivity index (χ3v) is 6.42. The zero-order valence-electron chi connectivity index (χ0n) is 18.6. The molecule has 2 fully saturated rings. The maximum Gasteiger partial charge on any atom is 0.573 e. The normalized spacial score (nSPS) is 24.0. The number of imidazole rings is 1. The lowest BCUT2D eigenvalue weighted by Gasteiger charge is -2.30. The summed E-state index contributed by atoms with van der Waals surface area (Å²) in [6.45, 7) is 3.73. The average Bonchev–Trinajstić information content (AvgIpc) is 3.39. The highest BCUT2D eigenvalue weighted by Gasteiger charge is 2.44. The van der Waals surface area contributed by atoms with E-state index in [1.807, 2.05) is 0 Å². The van der Waals surface area contributed by atoms with Crippen molar-refractivity contribution in [2.24, 2.45) is 18.9 Å². The number of carbonyl (C=O) groups is 1. The number of alkyl halides is 4. The zero-order valence-corrected chi connectivity index (χ0v) is 18.6. The number of hydrogen-bond donors (Lipinski definition) is 0. The molecule has 2 aromatic rings. The fourth-order valence-corrected chi connectivity index (χ4v) is 5.20. The van der Waals surface area contributed by atoms with Crippen LogP contribution >= 0.6 is 0 Å². The number of ether oxygens (including phenoxy) is 1. The number of aryl methyl sites for hydroxylation is 1. The molecule has 0 radical (unpaired) electrons. The summed E-state index contributed by atoms with van der Waals surface area (Å²) < 4.78 is 57.1. The van der Waals surface area contributed by atoms with Gasteiger partial charge in [0.25, 0.3) is 5.91 Å². The lowest BCUT2D eigenvalue weighted by atomic mass is 10.0. The van der Waals surface area contributed by atoms with Crippen molar-refractivity contribution in [3.05, 3.63) is 48.0 Å². The zero-order chi connectivity index (χ0) is 23.8. The van der Waals surface area contributed by atoms with Gasteiger partial charge in [-0.1, -0.05) is 12.1 Å². The molecule has 1 aromatic carbocycles. The van der Waals surface area contributed by atoms with Crippen molar-refractivity contribution in [2.75, 3.05) is 19.6 Å². The van der Waals surface area contributed by atoms with Crippen LogP contribution in [0.2, 0.25) is 0 Å². The van der Waals surface area contributed by atoms with Crippen LogP contribution in [0.4, 0.5) is 17.6 Å². The minimum absolute atomic E-state index is 0.0633. The fraction of sp³-hybridized carbons (Fsp3) is 0.565. The Hall–Kier alpha value is -2.62. The Labute approximate surface area is 190 Å². The topological polar surface area (TPSA) is 50.6 Å². The molecule has 2 heterocycles. The van der Waals surface area contributed by atoms with Crippen molar-refractivity contribution in [2.45, 2.75) is 44.9 Å². The van der Waals surface area contributed by atoms with E-state index >= 15 is 0 Å². The maximum absolute atomic E-state index is 13.4. The van der Waals surface area contributed by atoms with E-state index in [1.165, 1.54) is 18.2 Å². The first kappa shape index (κ1) is 23.5. The Morgan fingerprint density at radius 1 is 1.27 bits per heavy atom. The van der Waals surface area contributed by atoms with Crippen LogP contribution in [0.25, 0.3) is 0 Å². The van der Waals surface area contributed by atoms with Crippen LogP contribution < -0.4 is 4.74 Å². The van der Waals surface area contributed by atoms with E-state index < -0.39 is 12.5 Å². The number of aromatic nitrogens is 2. The van der Waals surface area contributed by atoms with Crippen LogP contribution in [0.3, 0.4) is 0 Å². The minimum Gasteiger partial charge on any atom is -0.406 e. The Bertz CT molecular complexity index is 963. The van der Waals surface area contributed by atoms with Gasteiger partial charge in [-0.05, 0) is 49.3 Å². The molecule has 6 nitrogen and oxygen atoms in total. The van der Waals surface area contributed by atoms with Crippen LogP contribution in [-0.4, -0.2) is 63.5 Å². The maximum atomic E-state index is 13.4. The van der Waals surface area contributed by atoms with Gasteiger partial charge in [-0.15, -0.1) is 13.2 Å². The van der Waals surface area contributed by atoms with Gasteiger partial charge < -0.3 is 14.2 Å². The lowest BCUT2D eigenvalue weighted by Crippen LogP contribution is -2.40. The predicted octanol–water partition coefficient (Wildman–Crippen LogP) is 4.03. The molecule has 4 rings (SSSR count). The van der Waals surface area contributed by atoms with Gasteiger partial charge in [0.2, 0.25) is 0 Å². The number of nitrogens with zero attached hydrogens (tertiary/aromatic N) is 4. The molecule has 0 N–H and O–H groups in total. The van der Waals surface area contributed by atoms with E-state index in [9.17, 15) is 22.4 Å². The summed E-state index contributed by atoms with van der Waals surface area (Å²) in [7, 11) is 1.77. The molecule has 1 saturated carbocycles. The van der Waals surface area contributed by atoms with Gasteiger partial charge in [-0.2, -0.15) is 0 Å². The molecule has 10 heteroatoms. The van der Waals surface area contributed by atoms with Gasteiger partial charge in [-0.25, -0.2) is 9.37 Å². The second-order valence-electron chi connectivity index (χ2n) is 9.20. The molecule has 1 aliphatic carbocycles. The summed E-state index contributed by atoms with van der Waals surface area (Å²) >= 11 is 0. The standard InChI is InChI=1S/C23H28F4N4O2/c1-15(24)9-30-11-17-7-19(8-18(17)12-30)31(22(32)21-13-29(2)14-28-21)10-16-4-3-5-20(6-16)33-23(25,26)27/h3-6,13-15,17-19H,7-12H2,1-2H3/t15?,17-,18+,19?. The molecule has 2 aliphatic rings. The summed E-state index contributed by atoms with van der Waals surface area (Å²) in [5.74, 6) is 0.168. The minimum atomic E-state index is -4.78. The number of benzene rings is 1.